The molecule has 0 aliphatic carbocycles. The van der Waals surface area contributed by atoms with E-state index >= 15 is 4.57 Å². The van der Waals surface area contributed by atoms with E-state index in [9.17, 15) is 12.9 Å². The Bertz CT molecular complexity index is 4610. The summed E-state index contributed by atoms with van der Waals surface area (Å²) in [5.74, 6) is 0. The topological polar surface area (TPSA) is 44.8 Å². The molecule has 0 radical (unpaired) electrons. The van der Waals surface area contributed by atoms with E-state index in [2.05, 4.69) is 495 Å². The van der Waals surface area contributed by atoms with E-state index in [0.717, 1.165) is 16.7 Å². The van der Waals surface area contributed by atoms with Crippen LogP contribution in [0.5, 0.6) is 0 Å². The van der Waals surface area contributed by atoms with Gasteiger partial charge in [-0.05, 0) is 0 Å². The third kappa shape index (κ3) is 23.0. The first kappa shape index (κ1) is 106. The zero-order valence-electron chi connectivity index (χ0n) is 90.4. The van der Waals surface area contributed by atoms with Gasteiger partial charge in [-0.3, -0.25) is 0 Å². The van der Waals surface area contributed by atoms with Gasteiger partial charge in [0.1, 0.15) is 0 Å². The summed E-state index contributed by atoms with van der Waals surface area (Å²) in [7, 11) is -5.63. The second-order valence-electron chi connectivity index (χ2n) is 54.6. The van der Waals surface area contributed by atoms with Crippen molar-refractivity contribution in [2.75, 3.05) is 40.0 Å². The minimum absolute atomic E-state index is 0.397. The van der Waals surface area contributed by atoms with Crippen LogP contribution >= 0.6 is 28.3 Å². The molecule has 9 aromatic rings. The van der Waals surface area contributed by atoms with Crippen molar-refractivity contribution >= 4 is 28.3 Å². The molecule has 0 aliphatic heterocycles. The van der Waals surface area contributed by atoms with Crippen LogP contribution in [0.2, 0.25) is 0 Å². The Balaban J connectivity index is 1.81. The molecule has 0 aromatic heterocycles. The van der Waals surface area contributed by atoms with E-state index in [1.54, 1.807) is 0 Å². The number of rotatable bonds is 21. The molecular formula is C120H180O4P4. The minimum atomic E-state index is -5.63. The molecule has 9 aromatic carbocycles. The van der Waals surface area contributed by atoms with Gasteiger partial charge in [-0.25, -0.2) is 0 Å². The number of aryl methyl sites for hydroxylation is 6. The van der Waals surface area contributed by atoms with Crippen LogP contribution in [0.4, 0.5) is 0 Å². The summed E-state index contributed by atoms with van der Waals surface area (Å²) >= 11 is 0. The third-order valence-electron chi connectivity index (χ3n) is 27.3. The van der Waals surface area contributed by atoms with Gasteiger partial charge in [0.15, 0.2) is 0 Å². The normalized spacial score (nSPS) is 15.4. The van der Waals surface area contributed by atoms with E-state index < -0.39 is 110 Å². The van der Waals surface area contributed by atoms with Crippen LogP contribution in [0.15, 0.2) is 164 Å². The zero-order chi connectivity index (χ0) is 97.5. The predicted octanol–water partition coefficient (Wildman–Crippen LogP) is 36.7. The van der Waals surface area contributed by atoms with Crippen molar-refractivity contribution in [1.82, 2.24) is 0 Å². The third-order valence-corrected chi connectivity index (χ3v) is 46.4. The predicted molar refractivity (Wildman–Crippen MR) is 575 cm³/mol. The SMILES string of the molecule is Cc1cc(C(C)(C)C)c(C(c2c(C(C)(C)C)cc(C)cc2C(C)(C)C)P(C)(C)(Cc2ccccc2)OP(=O)(OP(C)(C)(Cc2ccccc2)C(c2c(C(C)(C)C)cc(C)cc2C(C)(C)C)c2c(C(C)(C)C)cc(C)cc2C(C)(C)C)OP(C)(C)(Cc2ccccc2)C(c2c(C(C)(C)C)cc(C)cc2C(C)(C)C)c2c(C(C)(C)C)cc(C)cc2C(C)(C)C)c(C(C)(C)C)c1. The van der Waals surface area contributed by atoms with Crippen LogP contribution in [-0.2, 0) is 101 Å². The molecule has 0 amide bonds. The van der Waals surface area contributed by atoms with Crippen molar-refractivity contribution in [3.05, 3.63) is 314 Å². The summed E-state index contributed by atoms with van der Waals surface area (Å²) in [6, 6.07) is 63.8. The molecule has 9 rings (SSSR count). The molecule has 0 saturated heterocycles. The van der Waals surface area contributed by atoms with Gasteiger partial charge in [-0.2, -0.15) is 0 Å². The number of phosphoric acid groups is 1. The summed E-state index contributed by atoms with van der Waals surface area (Å²) in [5, 5.41) is 0. The summed E-state index contributed by atoms with van der Waals surface area (Å²) in [4.78, 5) is 0. The Labute approximate surface area is 785 Å². The Morgan fingerprint density at radius 2 is 0.320 bits per heavy atom. The fourth-order valence-electron chi connectivity index (χ4n) is 21.8. The molecule has 0 aliphatic rings. The fourth-order valence-corrected chi connectivity index (χ4v) is 43.6. The van der Waals surface area contributed by atoms with Gasteiger partial charge in [-0.1, -0.05) is 0 Å². The van der Waals surface area contributed by atoms with Crippen LogP contribution in [0.1, 0.15) is 416 Å². The Kier molecular flexibility index (Phi) is 28.7. The molecule has 0 atom stereocenters. The molecule has 704 valence electrons. The molecule has 0 spiro atoms. The molecule has 0 unspecified atom stereocenters. The van der Waals surface area contributed by atoms with Crippen molar-refractivity contribution in [2.24, 2.45) is 0 Å². The fraction of sp³-hybridized carbons (Fsp3) is 0.550. The summed E-state index contributed by atoms with van der Waals surface area (Å²) in [6.45, 7) is 101. The van der Waals surface area contributed by atoms with Crippen LogP contribution in [-0.4, -0.2) is 40.0 Å². The van der Waals surface area contributed by atoms with Gasteiger partial charge in [0.05, 0.1) is 0 Å². The first-order chi connectivity index (χ1) is 57.3. The van der Waals surface area contributed by atoms with Crippen molar-refractivity contribution in [3.63, 3.8) is 0 Å². The van der Waals surface area contributed by atoms with Crippen LogP contribution < -0.4 is 0 Å². The molecule has 128 heavy (non-hydrogen) atoms. The van der Waals surface area contributed by atoms with Gasteiger partial charge in [0.2, 0.25) is 0 Å². The van der Waals surface area contributed by atoms with Crippen LogP contribution in [0.3, 0.4) is 0 Å². The van der Waals surface area contributed by atoms with Crippen LogP contribution in [0.25, 0.3) is 0 Å². The molecule has 0 saturated carbocycles. The number of hydrogen-bond donors (Lipinski definition) is 0. The first-order valence-electron chi connectivity index (χ1n) is 48.1. The van der Waals surface area contributed by atoms with E-state index in [1.165, 1.54) is 134 Å². The maximum atomic E-state index is 22.3. The molecule has 8 heteroatoms. The Hall–Kier alpha value is -5.62. The molecule has 0 fully saturated rings. The Morgan fingerprint density at radius 3 is 0.422 bits per heavy atom. The summed E-state index contributed by atoms with van der Waals surface area (Å²) in [6.07, 6.45) is 1.19. The van der Waals surface area contributed by atoms with Gasteiger partial charge < -0.3 is 0 Å². The Morgan fingerprint density at radius 1 is 0.211 bits per heavy atom. The van der Waals surface area contributed by atoms with E-state index in [4.69, 9.17) is 0 Å². The maximum absolute atomic E-state index is 22.3. The molecule has 4 nitrogen and oxygen atoms in total. The van der Waals surface area contributed by atoms with Crippen molar-refractivity contribution < 1.29 is 17.5 Å². The molecule has 0 N–H and O–H groups in total. The molecule has 0 heterocycles. The van der Waals surface area contributed by atoms with E-state index in [1.807, 2.05) is 0 Å². The van der Waals surface area contributed by atoms with Gasteiger partial charge in [0, 0.05) is 0 Å². The van der Waals surface area contributed by atoms with Gasteiger partial charge in [0.25, 0.3) is 0 Å². The molecule has 0 bridgehead atoms. The quantitative estimate of drug-likeness (QED) is 0.0673. The van der Waals surface area contributed by atoms with E-state index in [0.29, 0.717) is 18.5 Å². The van der Waals surface area contributed by atoms with Crippen molar-refractivity contribution in [1.29, 1.82) is 0 Å². The number of benzene rings is 9. The average Bonchev–Trinajstić information content (AvgIpc) is 0.463. The second-order valence-corrected chi connectivity index (χ2v) is 74.2. The van der Waals surface area contributed by atoms with Crippen molar-refractivity contribution in [3.8, 4) is 0 Å². The van der Waals surface area contributed by atoms with Gasteiger partial charge >= 0.3 is 791 Å². The van der Waals surface area contributed by atoms with Crippen molar-refractivity contribution in [2.45, 2.75) is 391 Å². The summed E-state index contributed by atoms with van der Waals surface area (Å²) < 4.78 is 52.1. The zero-order valence-corrected chi connectivity index (χ0v) is 93.9. The standard InChI is InChI=1S/C120H180O4P4/c1-79-64-88(109(7,8)9)100(89(65-79)110(10,11)12)106(101-90(111(13,14)15)66-80(2)67-91(101)112(16,17)18)126(43,44,76-85-58-52-49-53-59-85)122-125(121,123-127(45,46,77-86-60-54-50-55-61-86)107(102-92(113(19,20)21)68-81(3)69-93(102)114(22,23)24)103-94(115(25,26)27)70-82(4)71-95(103)116(28,29)30)124-128(47,48,78-87-62-56-51-57-63-87)108(104-96(117(31,32)33)72-83(5)73-97(104)118(34,35)36)105-98(119(37,38)39)74-84(6)75-99(105)120(40,41)42/h49-75,106-108H,76-78H2,1-48H3. The first-order valence-corrected chi connectivity index (χ1v) is 59.5. The average molecular weight is 1810 g/mol. The monoisotopic (exact) mass is 1810 g/mol. The van der Waals surface area contributed by atoms with Crippen LogP contribution in [0, 0.1) is 41.5 Å². The van der Waals surface area contributed by atoms with E-state index in [-0.39, 0.29) is 0 Å². The molecular weight excluding hydrogens is 1630 g/mol. The van der Waals surface area contributed by atoms with Gasteiger partial charge in [-0.15, -0.1) is 0 Å². The summed E-state index contributed by atoms with van der Waals surface area (Å²) in [5.41, 5.74) is 25.9. The second kappa shape index (κ2) is 34.6. The number of hydrogen-bond acceptors (Lipinski definition) is 4.